The van der Waals surface area contributed by atoms with Gasteiger partial charge in [0.05, 0.1) is 11.6 Å². The molecule has 0 bridgehead atoms. The van der Waals surface area contributed by atoms with E-state index in [1.807, 2.05) is 19.2 Å². The predicted octanol–water partition coefficient (Wildman–Crippen LogP) is 2.60. The highest BCUT2D eigenvalue weighted by atomic mass is 32.1. The maximum atomic E-state index is 5.94. The minimum Gasteiger partial charge on any atom is -0.492 e. The number of benzene rings is 1. The Kier molecular flexibility index (Phi) is 9.45. The van der Waals surface area contributed by atoms with E-state index in [0.717, 1.165) is 64.1 Å². The summed E-state index contributed by atoms with van der Waals surface area (Å²) in [7, 11) is 5.66. The van der Waals surface area contributed by atoms with Crippen LogP contribution < -0.4 is 15.0 Å². The second kappa shape index (κ2) is 12.5. The number of likely N-dealkylation sites (N-methyl/N-ethyl adjacent to an activating group) is 1. The number of hydrogen-bond acceptors (Lipinski definition) is 6. The van der Waals surface area contributed by atoms with Gasteiger partial charge in [0.2, 0.25) is 0 Å². The molecule has 8 heteroatoms. The maximum Gasteiger partial charge on any atom is 0.194 e. The Morgan fingerprint density at radius 3 is 2.65 bits per heavy atom. The van der Waals surface area contributed by atoms with Crippen molar-refractivity contribution in [1.82, 2.24) is 15.1 Å². The van der Waals surface area contributed by atoms with E-state index < -0.39 is 0 Å². The predicted molar refractivity (Wildman–Crippen MR) is 130 cm³/mol. The maximum absolute atomic E-state index is 5.94. The summed E-state index contributed by atoms with van der Waals surface area (Å²) < 4.78 is 11.0. The number of nitrogens with zero attached hydrogens (tertiary/aromatic N) is 4. The lowest BCUT2D eigenvalue weighted by Crippen LogP contribution is -2.52. The van der Waals surface area contributed by atoms with Crippen molar-refractivity contribution in [3.63, 3.8) is 0 Å². The van der Waals surface area contributed by atoms with Crippen LogP contribution >= 0.6 is 11.3 Å². The summed E-state index contributed by atoms with van der Waals surface area (Å²) in [5.41, 5.74) is 1.18. The molecule has 1 aromatic heterocycles. The molecule has 1 N–H and O–H groups in total. The molecule has 0 radical (unpaired) electrons. The van der Waals surface area contributed by atoms with Gasteiger partial charge >= 0.3 is 0 Å². The summed E-state index contributed by atoms with van der Waals surface area (Å²) in [5.74, 6) is 1.86. The molecule has 2 heterocycles. The number of anilines is 1. The molecule has 1 aromatic carbocycles. The monoisotopic (exact) mass is 445 g/mol. The largest absolute Gasteiger partial charge is 0.492 e. The summed E-state index contributed by atoms with van der Waals surface area (Å²) in [4.78, 5) is 11.5. The third kappa shape index (κ3) is 7.41. The minimum atomic E-state index is 0.660. The molecule has 0 amide bonds. The van der Waals surface area contributed by atoms with Crippen LogP contribution in [0.3, 0.4) is 0 Å². The molecule has 7 nitrogen and oxygen atoms in total. The highest BCUT2D eigenvalue weighted by Gasteiger charge is 2.20. The molecule has 2 aromatic rings. The molecule has 0 unspecified atom stereocenters. The molecular formula is C23H35N5O2S. The zero-order valence-corrected chi connectivity index (χ0v) is 19.7. The molecule has 0 spiro atoms. The van der Waals surface area contributed by atoms with Crippen molar-refractivity contribution in [2.75, 3.05) is 78.6 Å². The number of aliphatic imine (C=N–C) groups is 1. The van der Waals surface area contributed by atoms with Gasteiger partial charge in [0.1, 0.15) is 12.4 Å². The SMILES string of the molecule is CN=C(NCc1cccc(OCCN(C)CCOC)c1)N1CCN(c2cccs2)CC1. The summed E-state index contributed by atoms with van der Waals surface area (Å²) in [6, 6.07) is 12.6. The number of ether oxygens (including phenoxy) is 2. The third-order valence-corrected chi connectivity index (χ3v) is 6.31. The second-order valence-electron chi connectivity index (χ2n) is 7.62. The second-order valence-corrected chi connectivity index (χ2v) is 8.54. The highest BCUT2D eigenvalue weighted by molar-refractivity contribution is 7.14. The van der Waals surface area contributed by atoms with Crippen LogP contribution in [0.4, 0.5) is 5.00 Å². The van der Waals surface area contributed by atoms with E-state index in [-0.39, 0.29) is 0 Å². The lowest BCUT2D eigenvalue weighted by atomic mass is 10.2. The number of guanidine groups is 1. The van der Waals surface area contributed by atoms with Crippen LogP contribution in [0.2, 0.25) is 0 Å². The van der Waals surface area contributed by atoms with Crippen molar-refractivity contribution >= 4 is 22.3 Å². The van der Waals surface area contributed by atoms with Gasteiger partial charge in [-0.3, -0.25) is 4.99 Å². The number of nitrogens with one attached hydrogen (secondary N) is 1. The zero-order valence-electron chi connectivity index (χ0n) is 18.9. The number of thiophene rings is 1. The average Bonchev–Trinajstić information content (AvgIpc) is 3.34. The Morgan fingerprint density at radius 1 is 1.13 bits per heavy atom. The van der Waals surface area contributed by atoms with E-state index in [4.69, 9.17) is 9.47 Å². The topological polar surface area (TPSA) is 52.6 Å². The van der Waals surface area contributed by atoms with Crippen molar-refractivity contribution in [2.24, 2.45) is 4.99 Å². The average molecular weight is 446 g/mol. The van der Waals surface area contributed by atoms with Crippen LogP contribution in [-0.4, -0.2) is 89.4 Å². The first-order valence-corrected chi connectivity index (χ1v) is 11.7. The normalized spacial score (nSPS) is 14.9. The Labute approximate surface area is 190 Å². The van der Waals surface area contributed by atoms with Crippen molar-refractivity contribution < 1.29 is 9.47 Å². The Bertz CT molecular complexity index is 791. The van der Waals surface area contributed by atoms with Crippen molar-refractivity contribution in [1.29, 1.82) is 0 Å². The van der Waals surface area contributed by atoms with Crippen LogP contribution in [0.15, 0.2) is 46.8 Å². The molecule has 0 saturated carbocycles. The number of piperazine rings is 1. The molecular weight excluding hydrogens is 410 g/mol. The molecule has 31 heavy (non-hydrogen) atoms. The third-order valence-electron chi connectivity index (χ3n) is 5.38. The van der Waals surface area contributed by atoms with Crippen LogP contribution in [0.25, 0.3) is 0 Å². The first kappa shape index (κ1) is 23.4. The lowest BCUT2D eigenvalue weighted by molar-refractivity contribution is 0.150. The molecule has 3 rings (SSSR count). The number of rotatable bonds is 10. The van der Waals surface area contributed by atoms with Gasteiger partial charge in [-0.25, -0.2) is 0 Å². The van der Waals surface area contributed by atoms with Crippen LogP contribution in [-0.2, 0) is 11.3 Å². The van der Waals surface area contributed by atoms with Crippen molar-refractivity contribution in [3.05, 3.63) is 47.3 Å². The van der Waals surface area contributed by atoms with Gasteiger partial charge < -0.3 is 29.5 Å². The van der Waals surface area contributed by atoms with Crippen LogP contribution in [0.1, 0.15) is 5.56 Å². The molecule has 1 fully saturated rings. The molecule has 170 valence electrons. The molecule has 1 saturated heterocycles. The number of methoxy groups -OCH3 is 1. The fraction of sp³-hybridized carbons (Fsp3) is 0.522. The molecule has 1 aliphatic heterocycles. The van der Waals surface area contributed by atoms with Gasteiger partial charge in [0.15, 0.2) is 5.96 Å². The van der Waals surface area contributed by atoms with Gasteiger partial charge in [-0.05, 0) is 42.3 Å². The smallest absolute Gasteiger partial charge is 0.194 e. The zero-order chi connectivity index (χ0) is 21.9. The first-order chi connectivity index (χ1) is 15.2. The number of hydrogen-bond donors (Lipinski definition) is 1. The van der Waals surface area contributed by atoms with Crippen LogP contribution in [0.5, 0.6) is 5.75 Å². The van der Waals surface area contributed by atoms with Gasteiger partial charge in [-0.1, -0.05) is 12.1 Å². The van der Waals surface area contributed by atoms with E-state index in [9.17, 15) is 0 Å². The van der Waals surface area contributed by atoms with Crippen LogP contribution in [0, 0.1) is 0 Å². The lowest BCUT2D eigenvalue weighted by Gasteiger charge is -2.37. The molecule has 0 atom stereocenters. The summed E-state index contributed by atoms with van der Waals surface area (Å²) in [6.07, 6.45) is 0. The molecule has 1 aliphatic rings. The molecule has 0 aliphatic carbocycles. The minimum absolute atomic E-state index is 0.660. The van der Waals surface area contributed by atoms with E-state index in [1.165, 1.54) is 10.6 Å². The summed E-state index contributed by atoms with van der Waals surface area (Å²) in [5, 5.41) is 7.00. The van der Waals surface area contributed by atoms with Gasteiger partial charge in [-0.15, -0.1) is 11.3 Å². The van der Waals surface area contributed by atoms with Crippen molar-refractivity contribution in [2.45, 2.75) is 6.54 Å². The van der Waals surface area contributed by atoms with Gasteiger partial charge in [0, 0.05) is 60.0 Å². The highest BCUT2D eigenvalue weighted by Crippen LogP contribution is 2.22. The van der Waals surface area contributed by atoms with E-state index in [1.54, 1.807) is 18.4 Å². The van der Waals surface area contributed by atoms with E-state index in [2.05, 4.69) is 61.7 Å². The van der Waals surface area contributed by atoms with E-state index in [0.29, 0.717) is 6.61 Å². The van der Waals surface area contributed by atoms with E-state index >= 15 is 0 Å². The summed E-state index contributed by atoms with van der Waals surface area (Å²) in [6.45, 7) is 7.87. The standard InChI is InChI=1S/C23H35N5O2S/c1-24-23(28-11-9-27(10-12-28)22-8-5-17-31-22)25-19-20-6-4-7-21(18-20)30-16-14-26(2)13-15-29-3/h4-8,17-18H,9-16,19H2,1-3H3,(H,24,25). The van der Waals surface area contributed by atoms with Gasteiger partial charge in [-0.2, -0.15) is 0 Å². The summed E-state index contributed by atoms with van der Waals surface area (Å²) >= 11 is 1.81. The van der Waals surface area contributed by atoms with Crippen molar-refractivity contribution in [3.8, 4) is 5.75 Å². The first-order valence-electron chi connectivity index (χ1n) is 10.8. The van der Waals surface area contributed by atoms with Gasteiger partial charge in [0.25, 0.3) is 0 Å². The Balaban J connectivity index is 1.43. The Hall–Kier alpha value is -2.29. The quantitative estimate of drug-likeness (QED) is 0.448. The fourth-order valence-electron chi connectivity index (χ4n) is 3.53. The fourth-order valence-corrected chi connectivity index (χ4v) is 4.31. The Morgan fingerprint density at radius 2 is 1.94 bits per heavy atom.